The molecule has 0 spiro atoms. The molecule has 0 aromatic heterocycles. The van der Waals surface area contributed by atoms with Crippen LogP contribution in [0.4, 0.5) is 5.69 Å². The summed E-state index contributed by atoms with van der Waals surface area (Å²) in [5.74, 6) is 0.988. The minimum atomic E-state index is 0.0519. The van der Waals surface area contributed by atoms with Gasteiger partial charge in [0.15, 0.2) is 0 Å². The highest BCUT2D eigenvalue weighted by atomic mass is 16.5. The highest BCUT2D eigenvalue weighted by Gasteiger charge is 2.24. The molecule has 2 aromatic rings. The Hall–Kier alpha value is -2.53. The number of amides is 1. The average molecular weight is 365 g/mol. The van der Waals surface area contributed by atoms with Crippen LogP contribution in [0.2, 0.25) is 0 Å². The second-order valence-electron chi connectivity index (χ2n) is 7.40. The highest BCUT2D eigenvalue weighted by Crippen LogP contribution is 2.31. The fourth-order valence-electron chi connectivity index (χ4n) is 3.92. The van der Waals surface area contributed by atoms with Crippen molar-refractivity contribution in [3.63, 3.8) is 0 Å². The number of anilines is 1. The van der Waals surface area contributed by atoms with Crippen molar-refractivity contribution in [2.75, 3.05) is 44.2 Å². The number of benzene rings is 2. The van der Waals surface area contributed by atoms with E-state index in [1.165, 1.54) is 11.3 Å². The molecule has 2 heterocycles. The fraction of sp³-hybridized carbons (Fsp3) is 0.409. The van der Waals surface area contributed by atoms with Gasteiger partial charge in [0.05, 0.1) is 19.2 Å². The molecule has 4 rings (SSSR count). The van der Waals surface area contributed by atoms with E-state index >= 15 is 0 Å². The predicted molar refractivity (Wildman–Crippen MR) is 107 cm³/mol. The Morgan fingerprint density at radius 3 is 2.74 bits per heavy atom. The number of nitrogens with zero attached hydrogens (tertiary/aromatic N) is 2. The van der Waals surface area contributed by atoms with Gasteiger partial charge in [-0.25, -0.2) is 0 Å². The van der Waals surface area contributed by atoms with Crippen LogP contribution in [0.3, 0.4) is 0 Å². The average Bonchev–Trinajstić information content (AvgIpc) is 2.69. The number of carbonyl (C=O) groups is 1. The molecular formula is C22H27N3O2. The first-order valence-electron chi connectivity index (χ1n) is 9.74. The molecule has 2 aliphatic rings. The molecule has 1 amide bonds. The summed E-state index contributed by atoms with van der Waals surface area (Å²) >= 11 is 0. The monoisotopic (exact) mass is 365 g/mol. The maximum atomic E-state index is 12.6. The quantitative estimate of drug-likeness (QED) is 0.905. The molecule has 1 atom stereocenters. The smallest absolute Gasteiger partial charge is 0.234 e. The molecule has 142 valence electrons. The Morgan fingerprint density at radius 1 is 1.11 bits per heavy atom. The molecular weight excluding hydrogens is 338 g/mol. The van der Waals surface area contributed by atoms with Crippen LogP contribution in [0, 0.1) is 6.92 Å². The summed E-state index contributed by atoms with van der Waals surface area (Å²) in [5.41, 5.74) is 3.64. The van der Waals surface area contributed by atoms with E-state index < -0.39 is 0 Å². The second-order valence-corrected chi connectivity index (χ2v) is 7.40. The molecule has 0 radical (unpaired) electrons. The molecule has 5 heteroatoms. The van der Waals surface area contributed by atoms with Gasteiger partial charge < -0.3 is 15.0 Å². The number of rotatable bonds is 4. The van der Waals surface area contributed by atoms with Crippen LogP contribution in [-0.4, -0.2) is 50.1 Å². The number of para-hydroxylation sites is 1. The first kappa shape index (κ1) is 17.9. The van der Waals surface area contributed by atoms with Crippen LogP contribution in [0.25, 0.3) is 0 Å². The third kappa shape index (κ3) is 4.25. The van der Waals surface area contributed by atoms with E-state index in [1.807, 2.05) is 24.3 Å². The molecule has 1 fully saturated rings. The molecule has 1 N–H and O–H groups in total. The van der Waals surface area contributed by atoms with E-state index in [0.29, 0.717) is 13.2 Å². The summed E-state index contributed by atoms with van der Waals surface area (Å²) in [6.45, 7) is 6.96. The molecule has 1 unspecified atom stereocenters. The molecule has 0 bridgehead atoms. The van der Waals surface area contributed by atoms with Gasteiger partial charge >= 0.3 is 0 Å². The maximum Gasteiger partial charge on any atom is 0.234 e. The predicted octanol–water partition coefficient (Wildman–Crippen LogP) is 2.76. The second kappa shape index (κ2) is 8.01. The van der Waals surface area contributed by atoms with Gasteiger partial charge in [0.25, 0.3) is 0 Å². The number of ether oxygens (including phenoxy) is 1. The minimum absolute atomic E-state index is 0.0519. The molecule has 1 saturated heterocycles. The Morgan fingerprint density at radius 2 is 1.93 bits per heavy atom. The number of hydrogen-bond acceptors (Lipinski definition) is 4. The van der Waals surface area contributed by atoms with Crippen LogP contribution in [0.5, 0.6) is 5.75 Å². The van der Waals surface area contributed by atoms with Crippen LogP contribution < -0.4 is 15.0 Å². The molecule has 2 aromatic carbocycles. The molecule has 0 aliphatic carbocycles. The van der Waals surface area contributed by atoms with Crippen molar-refractivity contribution in [3.8, 4) is 5.75 Å². The lowest BCUT2D eigenvalue weighted by atomic mass is 10.0. The zero-order valence-electron chi connectivity index (χ0n) is 15.9. The van der Waals surface area contributed by atoms with Crippen molar-refractivity contribution < 1.29 is 9.53 Å². The Bertz CT molecular complexity index is 800. The third-order valence-corrected chi connectivity index (χ3v) is 5.40. The summed E-state index contributed by atoms with van der Waals surface area (Å²) < 4.78 is 5.68. The Kier molecular flexibility index (Phi) is 5.30. The summed E-state index contributed by atoms with van der Waals surface area (Å²) in [6, 6.07) is 16.7. The van der Waals surface area contributed by atoms with E-state index in [2.05, 4.69) is 46.3 Å². The zero-order chi connectivity index (χ0) is 18.6. The lowest BCUT2D eigenvalue weighted by Crippen LogP contribution is -2.50. The van der Waals surface area contributed by atoms with Crippen LogP contribution in [0.1, 0.15) is 23.6 Å². The van der Waals surface area contributed by atoms with Crippen molar-refractivity contribution >= 4 is 11.6 Å². The van der Waals surface area contributed by atoms with Crippen molar-refractivity contribution in [1.29, 1.82) is 0 Å². The van der Waals surface area contributed by atoms with Gasteiger partial charge in [0.1, 0.15) is 5.75 Å². The largest absolute Gasteiger partial charge is 0.493 e. The number of fused-ring (bicyclic) bond motifs is 1. The molecule has 27 heavy (non-hydrogen) atoms. The van der Waals surface area contributed by atoms with E-state index in [1.54, 1.807) is 0 Å². The van der Waals surface area contributed by atoms with Gasteiger partial charge in [0, 0.05) is 43.9 Å². The number of aryl methyl sites for hydroxylation is 1. The topological polar surface area (TPSA) is 44.8 Å². The lowest BCUT2D eigenvalue weighted by molar-refractivity contribution is -0.123. The van der Waals surface area contributed by atoms with E-state index in [4.69, 9.17) is 4.74 Å². The fourth-order valence-corrected chi connectivity index (χ4v) is 3.92. The summed E-state index contributed by atoms with van der Waals surface area (Å²) in [6.07, 6.45) is 0.823. The van der Waals surface area contributed by atoms with Gasteiger partial charge in [-0.3, -0.25) is 9.69 Å². The van der Waals surface area contributed by atoms with Gasteiger partial charge in [-0.2, -0.15) is 0 Å². The van der Waals surface area contributed by atoms with Crippen molar-refractivity contribution in [2.45, 2.75) is 19.4 Å². The summed E-state index contributed by atoms with van der Waals surface area (Å²) in [5, 5.41) is 3.20. The van der Waals surface area contributed by atoms with E-state index in [-0.39, 0.29) is 11.9 Å². The number of piperazine rings is 1. The van der Waals surface area contributed by atoms with Crippen molar-refractivity contribution in [2.24, 2.45) is 0 Å². The van der Waals surface area contributed by atoms with Gasteiger partial charge in [-0.05, 0) is 30.7 Å². The SMILES string of the molecule is Cc1cccc(N2CCN(CC(=O)NC3CCOc4ccccc43)CC2)c1. The first-order valence-corrected chi connectivity index (χ1v) is 9.74. The van der Waals surface area contributed by atoms with Crippen molar-refractivity contribution in [3.05, 3.63) is 59.7 Å². The zero-order valence-corrected chi connectivity index (χ0v) is 15.9. The van der Waals surface area contributed by atoms with Gasteiger partial charge in [-0.1, -0.05) is 30.3 Å². The van der Waals surface area contributed by atoms with Gasteiger partial charge in [0.2, 0.25) is 5.91 Å². The highest BCUT2D eigenvalue weighted by molar-refractivity contribution is 5.78. The first-order chi connectivity index (χ1) is 13.2. The van der Waals surface area contributed by atoms with E-state index in [9.17, 15) is 4.79 Å². The summed E-state index contributed by atoms with van der Waals surface area (Å²) in [4.78, 5) is 17.2. The van der Waals surface area contributed by atoms with E-state index in [0.717, 1.165) is 43.9 Å². The van der Waals surface area contributed by atoms with Crippen LogP contribution in [-0.2, 0) is 4.79 Å². The van der Waals surface area contributed by atoms with Crippen molar-refractivity contribution in [1.82, 2.24) is 10.2 Å². The molecule has 0 saturated carbocycles. The standard InChI is InChI=1S/C22H27N3O2/c1-17-5-4-6-18(15-17)25-12-10-24(11-13-25)16-22(26)23-20-9-14-27-21-8-3-2-7-19(20)21/h2-8,15,20H,9-14,16H2,1H3,(H,23,26). The molecule has 2 aliphatic heterocycles. The molecule has 5 nitrogen and oxygen atoms in total. The Balaban J connectivity index is 1.29. The summed E-state index contributed by atoms with van der Waals surface area (Å²) in [7, 11) is 0. The number of carbonyl (C=O) groups excluding carboxylic acids is 1. The lowest BCUT2D eigenvalue weighted by Gasteiger charge is -2.36. The Labute approximate surface area is 160 Å². The van der Waals surface area contributed by atoms with Crippen LogP contribution in [0.15, 0.2) is 48.5 Å². The number of nitrogens with one attached hydrogen (secondary N) is 1. The third-order valence-electron chi connectivity index (χ3n) is 5.40. The maximum absolute atomic E-state index is 12.6. The normalized spacial score (nSPS) is 19.9. The minimum Gasteiger partial charge on any atom is -0.493 e. The van der Waals surface area contributed by atoms with Crippen LogP contribution >= 0.6 is 0 Å². The number of hydrogen-bond donors (Lipinski definition) is 1. The van der Waals surface area contributed by atoms with Gasteiger partial charge in [-0.15, -0.1) is 0 Å².